The molecule has 0 rings (SSSR count). The van der Waals surface area contributed by atoms with Crippen LogP contribution in [0.4, 0.5) is 0 Å². The van der Waals surface area contributed by atoms with E-state index in [0.29, 0.717) is 0 Å². The molecule has 0 aromatic rings. The largest absolute Gasteiger partial charge is 0.398 e. The Morgan fingerprint density at radius 3 is 2.07 bits per heavy atom. The third-order valence-electron chi connectivity index (χ3n) is 2.51. The minimum absolute atomic E-state index is 0.0811. The van der Waals surface area contributed by atoms with Gasteiger partial charge in [-0.25, -0.2) is 0 Å². The first-order chi connectivity index (χ1) is 6.49. The molecule has 0 aromatic carbocycles. The van der Waals surface area contributed by atoms with E-state index >= 15 is 0 Å². The van der Waals surface area contributed by atoms with Crippen LogP contribution in [0.5, 0.6) is 0 Å². The lowest BCUT2D eigenvalue weighted by atomic mass is 9.79. The molecule has 0 fully saturated rings. The smallest absolute Gasteiger partial charge is 0.0351 e. The van der Waals surface area contributed by atoms with Crippen molar-refractivity contribution in [1.29, 1.82) is 0 Å². The van der Waals surface area contributed by atoms with E-state index < -0.39 is 0 Å². The fourth-order valence-electron chi connectivity index (χ4n) is 1.24. The molecule has 14 heavy (non-hydrogen) atoms. The molecule has 0 amide bonds. The van der Waals surface area contributed by atoms with Gasteiger partial charge in [-0.2, -0.15) is 0 Å². The molecule has 0 saturated carbocycles. The van der Waals surface area contributed by atoms with Gasteiger partial charge < -0.3 is 5.73 Å². The number of nitrogens with two attached hydrogens (primary N) is 1. The van der Waals surface area contributed by atoms with E-state index in [1.807, 2.05) is 12.2 Å². The van der Waals surface area contributed by atoms with Crippen molar-refractivity contribution in [3.8, 4) is 0 Å². The molecular formula is C13H21N. The van der Waals surface area contributed by atoms with E-state index in [0.717, 1.165) is 17.7 Å². The summed E-state index contributed by atoms with van der Waals surface area (Å²) in [5, 5.41) is 0. The second kappa shape index (κ2) is 5.48. The molecule has 0 aliphatic carbocycles. The van der Waals surface area contributed by atoms with Crippen LogP contribution >= 0.6 is 0 Å². The van der Waals surface area contributed by atoms with Crippen molar-refractivity contribution >= 4 is 0 Å². The predicted octanol–water partition coefficient (Wildman–Crippen LogP) is 3.56. The summed E-state index contributed by atoms with van der Waals surface area (Å²) in [5.74, 6) is 0. The average Bonchev–Trinajstić information content (AvgIpc) is 2.14. The Hall–Kier alpha value is -1.24. The van der Waals surface area contributed by atoms with Crippen LogP contribution in [0, 0.1) is 5.41 Å². The highest BCUT2D eigenvalue weighted by molar-refractivity contribution is 5.37. The molecule has 78 valence electrons. The molecular weight excluding hydrogens is 170 g/mol. The maximum atomic E-state index is 5.95. The van der Waals surface area contributed by atoms with Crippen molar-refractivity contribution in [2.75, 3.05) is 0 Å². The first-order valence-electron chi connectivity index (χ1n) is 4.91. The second-order valence-electron chi connectivity index (χ2n) is 3.91. The molecule has 0 aliphatic rings. The zero-order chi connectivity index (χ0) is 11.2. The van der Waals surface area contributed by atoms with Crippen molar-refractivity contribution in [3.63, 3.8) is 0 Å². The Kier molecular flexibility index (Phi) is 5.00. The monoisotopic (exact) mass is 191 g/mol. The van der Waals surface area contributed by atoms with Crippen LogP contribution in [0.15, 0.2) is 48.7 Å². The summed E-state index contributed by atoms with van der Waals surface area (Å²) in [6.07, 6.45) is 8.32. The van der Waals surface area contributed by atoms with Crippen LogP contribution in [-0.2, 0) is 0 Å². The van der Waals surface area contributed by atoms with Gasteiger partial charge in [-0.05, 0) is 23.5 Å². The quantitative estimate of drug-likeness (QED) is 0.661. The van der Waals surface area contributed by atoms with Gasteiger partial charge in [0.05, 0.1) is 0 Å². The molecule has 0 aliphatic heterocycles. The fourth-order valence-corrected chi connectivity index (χ4v) is 1.24. The van der Waals surface area contributed by atoms with E-state index in [1.54, 1.807) is 12.2 Å². The van der Waals surface area contributed by atoms with Crippen molar-refractivity contribution in [3.05, 3.63) is 48.7 Å². The maximum Gasteiger partial charge on any atom is 0.0351 e. The average molecular weight is 191 g/mol. The van der Waals surface area contributed by atoms with Gasteiger partial charge in [-0.3, -0.25) is 0 Å². The Morgan fingerprint density at radius 1 is 1.21 bits per heavy atom. The molecule has 2 N–H and O–H groups in total. The topological polar surface area (TPSA) is 26.0 Å². The number of rotatable bonds is 5. The first kappa shape index (κ1) is 12.8. The van der Waals surface area contributed by atoms with Crippen molar-refractivity contribution in [1.82, 2.24) is 0 Å². The summed E-state index contributed by atoms with van der Waals surface area (Å²) in [4.78, 5) is 0. The SMILES string of the molecule is C=C/C=C(\C(N)=C/C=C)C(C)(C)CC. The van der Waals surface area contributed by atoms with Gasteiger partial charge in [-0.1, -0.05) is 52.2 Å². The molecule has 0 unspecified atom stereocenters. The van der Waals surface area contributed by atoms with Crippen LogP contribution in [0.2, 0.25) is 0 Å². The van der Waals surface area contributed by atoms with Gasteiger partial charge in [0, 0.05) is 5.70 Å². The van der Waals surface area contributed by atoms with Gasteiger partial charge in [0.1, 0.15) is 0 Å². The van der Waals surface area contributed by atoms with Gasteiger partial charge in [0.15, 0.2) is 0 Å². The van der Waals surface area contributed by atoms with E-state index in [4.69, 9.17) is 5.73 Å². The van der Waals surface area contributed by atoms with Crippen molar-refractivity contribution in [2.24, 2.45) is 11.1 Å². The molecule has 0 atom stereocenters. The lowest BCUT2D eigenvalue weighted by molar-refractivity contribution is 0.434. The van der Waals surface area contributed by atoms with Crippen LogP contribution in [0.1, 0.15) is 27.2 Å². The molecule has 0 bridgehead atoms. The summed E-state index contributed by atoms with van der Waals surface area (Å²) in [6, 6.07) is 0. The normalized spacial score (nSPS) is 13.9. The van der Waals surface area contributed by atoms with Crippen molar-refractivity contribution in [2.45, 2.75) is 27.2 Å². The third kappa shape index (κ3) is 3.25. The van der Waals surface area contributed by atoms with E-state index in [-0.39, 0.29) is 5.41 Å². The highest BCUT2D eigenvalue weighted by atomic mass is 14.6. The lowest BCUT2D eigenvalue weighted by Gasteiger charge is -2.26. The van der Waals surface area contributed by atoms with Gasteiger partial charge >= 0.3 is 0 Å². The molecule has 0 aromatic heterocycles. The predicted molar refractivity (Wildman–Crippen MR) is 64.8 cm³/mol. The number of hydrogen-bond donors (Lipinski definition) is 1. The Labute approximate surface area is 87.7 Å². The molecule has 0 radical (unpaired) electrons. The number of allylic oxidation sites excluding steroid dienone is 5. The number of hydrogen-bond acceptors (Lipinski definition) is 1. The molecule has 0 saturated heterocycles. The van der Waals surface area contributed by atoms with Crippen LogP contribution in [0.3, 0.4) is 0 Å². The minimum Gasteiger partial charge on any atom is -0.398 e. The van der Waals surface area contributed by atoms with Crippen LogP contribution in [-0.4, -0.2) is 0 Å². The molecule has 1 nitrogen and oxygen atoms in total. The van der Waals surface area contributed by atoms with E-state index in [2.05, 4.69) is 33.9 Å². The zero-order valence-electron chi connectivity index (χ0n) is 9.51. The lowest BCUT2D eigenvalue weighted by Crippen LogP contribution is -2.18. The summed E-state index contributed by atoms with van der Waals surface area (Å²) >= 11 is 0. The van der Waals surface area contributed by atoms with E-state index in [9.17, 15) is 0 Å². The Bertz CT molecular complexity index is 267. The zero-order valence-corrected chi connectivity index (χ0v) is 9.51. The van der Waals surface area contributed by atoms with Gasteiger partial charge in [-0.15, -0.1) is 0 Å². The van der Waals surface area contributed by atoms with Crippen molar-refractivity contribution < 1.29 is 0 Å². The van der Waals surface area contributed by atoms with Gasteiger partial charge in [0.25, 0.3) is 0 Å². The summed E-state index contributed by atoms with van der Waals surface area (Å²) < 4.78 is 0. The molecule has 0 spiro atoms. The first-order valence-corrected chi connectivity index (χ1v) is 4.91. The summed E-state index contributed by atoms with van der Waals surface area (Å²) in [7, 11) is 0. The Balaban J connectivity index is 5.16. The van der Waals surface area contributed by atoms with Gasteiger partial charge in [0.2, 0.25) is 0 Å². The molecule has 1 heteroatoms. The highest BCUT2D eigenvalue weighted by Crippen LogP contribution is 2.33. The third-order valence-corrected chi connectivity index (χ3v) is 2.51. The second-order valence-corrected chi connectivity index (χ2v) is 3.91. The molecule has 0 heterocycles. The minimum atomic E-state index is 0.0811. The highest BCUT2D eigenvalue weighted by Gasteiger charge is 2.21. The summed E-state index contributed by atoms with van der Waals surface area (Å²) in [6.45, 7) is 13.8. The van der Waals surface area contributed by atoms with Crippen LogP contribution < -0.4 is 5.73 Å². The summed E-state index contributed by atoms with van der Waals surface area (Å²) in [5.41, 5.74) is 7.92. The van der Waals surface area contributed by atoms with E-state index in [1.165, 1.54) is 0 Å². The standard InChI is InChI=1S/C13H21N/c1-6-9-11(12(14)10-7-2)13(4,5)8-3/h6-7,9-10H,1-2,8,14H2,3-5H3/b11-9+,12-10+. The Morgan fingerprint density at radius 2 is 1.71 bits per heavy atom. The maximum absolute atomic E-state index is 5.95. The van der Waals surface area contributed by atoms with Crippen LogP contribution in [0.25, 0.3) is 0 Å². The fraction of sp³-hybridized carbons (Fsp3) is 0.385.